The molecule has 3 aromatic carbocycles. The minimum absolute atomic E-state index is 0.0478. The van der Waals surface area contributed by atoms with E-state index in [1.54, 1.807) is 0 Å². The summed E-state index contributed by atoms with van der Waals surface area (Å²) in [5.41, 5.74) is -0.386. The quantitative estimate of drug-likeness (QED) is 0.342. The van der Waals surface area contributed by atoms with Crippen LogP contribution in [0.4, 0.5) is 10.5 Å². The van der Waals surface area contributed by atoms with Gasteiger partial charge in [0.2, 0.25) is 5.75 Å². The normalized spacial score (nSPS) is 15.1. The van der Waals surface area contributed by atoms with Crippen LogP contribution in [-0.4, -0.2) is 39.2 Å². The van der Waals surface area contributed by atoms with Crippen LogP contribution >= 0.6 is 11.8 Å². The van der Waals surface area contributed by atoms with Gasteiger partial charge in [-0.25, -0.2) is 0 Å². The van der Waals surface area contributed by atoms with Crippen LogP contribution < -0.4 is 4.74 Å². The van der Waals surface area contributed by atoms with Gasteiger partial charge >= 0.3 is 5.69 Å². The summed E-state index contributed by atoms with van der Waals surface area (Å²) in [5, 5.41) is 22.5. The Hall–Kier alpha value is -3.85. The molecule has 4 rings (SSSR count). The molecular weight excluding hydrogens is 420 g/mol. The number of carbonyl (C=O) groups is 2. The molecule has 0 saturated carbocycles. The third-order valence-corrected chi connectivity index (χ3v) is 5.63. The molecule has 0 aromatic heterocycles. The summed E-state index contributed by atoms with van der Waals surface area (Å²) in [5.74, 6) is -0.442. The fourth-order valence-electron chi connectivity index (χ4n) is 3.21. The Balaban J connectivity index is 1.47. The number of thioether (sulfide) groups is 1. The fourth-order valence-corrected chi connectivity index (χ4v) is 4.07. The maximum atomic E-state index is 12.7. The second-order valence-electron chi connectivity index (χ2n) is 6.63. The number of hydrogen-bond donors (Lipinski definition) is 1. The summed E-state index contributed by atoms with van der Waals surface area (Å²) in [4.78, 5) is 36.3. The molecular formula is C22H16N2O6S. The number of fused-ring (bicyclic) bond motifs is 1. The lowest BCUT2D eigenvalue weighted by molar-refractivity contribution is -0.385. The van der Waals surface area contributed by atoms with Crippen molar-refractivity contribution in [2.75, 3.05) is 13.2 Å². The zero-order valence-corrected chi connectivity index (χ0v) is 16.9. The number of phenolic OH excluding ortho intramolecular Hbond substituents is 1. The van der Waals surface area contributed by atoms with Crippen molar-refractivity contribution in [3.8, 4) is 11.5 Å². The first kappa shape index (κ1) is 20.4. The zero-order chi connectivity index (χ0) is 22.0. The summed E-state index contributed by atoms with van der Waals surface area (Å²) >= 11 is 0.710. The van der Waals surface area contributed by atoms with E-state index in [2.05, 4.69) is 0 Å². The number of phenols is 1. The number of nitro groups is 1. The molecule has 0 radical (unpaired) electrons. The Morgan fingerprint density at radius 2 is 1.81 bits per heavy atom. The molecule has 0 atom stereocenters. The fraction of sp³-hybridized carbons (Fsp3) is 0.0909. The summed E-state index contributed by atoms with van der Waals surface area (Å²) in [7, 11) is 0. The van der Waals surface area contributed by atoms with E-state index in [0.29, 0.717) is 17.5 Å². The van der Waals surface area contributed by atoms with E-state index < -0.39 is 27.5 Å². The van der Waals surface area contributed by atoms with Gasteiger partial charge in [-0.3, -0.25) is 24.6 Å². The Bertz CT molecular complexity index is 1230. The van der Waals surface area contributed by atoms with Crippen LogP contribution in [0, 0.1) is 10.1 Å². The monoisotopic (exact) mass is 436 g/mol. The van der Waals surface area contributed by atoms with Crippen LogP contribution in [0.15, 0.2) is 65.6 Å². The summed E-state index contributed by atoms with van der Waals surface area (Å²) in [6, 6.07) is 17.4. The van der Waals surface area contributed by atoms with Crippen LogP contribution in [-0.2, 0) is 4.79 Å². The second kappa shape index (κ2) is 8.49. The van der Waals surface area contributed by atoms with E-state index in [1.165, 1.54) is 18.2 Å². The van der Waals surface area contributed by atoms with E-state index in [-0.39, 0.29) is 23.6 Å². The number of carbonyl (C=O) groups excluding carboxylic acids is 2. The van der Waals surface area contributed by atoms with Crippen LogP contribution in [0.5, 0.6) is 11.5 Å². The molecule has 31 heavy (non-hydrogen) atoms. The first-order valence-electron chi connectivity index (χ1n) is 9.28. The minimum atomic E-state index is -0.719. The van der Waals surface area contributed by atoms with Crippen LogP contribution in [0.3, 0.4) is 0 Å². The van der Waals surface area contributed by atoms with Crippen molar-refractivity contribution < 1.29 is 24.4 Å². The molecule has 2 amide bonds. The first-order chi connectivity index (χ1) is 15.0. The van der Waals surface area contributed by atoms with Gasteiger partial charge < -0.3 is 9.84 Å². The van der Waals surface area contributed by atoms with Gasteiger partial charge in [-0.2, -0.15) is 0 Å². The largest absolute Gasteiger partial charge is 0.502 e. The first-order valence-corrected chi connectivity index (χ1v) is 10.1. The molecule has 1 heterocycles. The van der Waals surface area contributed by atoms with Crippen molar-refractivity contribution in [1.82, 2.24) is 4.90 Å². The highest BCUT2D eigenvalue weighted by atomic mass is 32.2. The summed E-state index contributed by atoms with van der Waals surface area (Å²) in [6.45, 7) is 0.160. The highest BCUT2D eigenvalue weighted by molar-refractivity contribution is 8.18. The minimum Gasteiger partial charge on any atom is -0.502 e. The predicted molar refractivity (Wildman–Crippen MR) is 117 cm³/mol. The zero-order valence-electron chi connectivity index (χ0n) is 16.1. The van der Waals surface area contributed by atoms with Crippen LogP contribution in [0.1, 0.15) is 5.56 Å². The van der Waals surface area contributed by atoms with E-state index in [1.807, 2.05) is 42.5 Å². The number of ether oxygens (including phenoxy) is 1. The van der Waals surface area contributed by atoms with Gasteiger partial charge in [0.25, 0.3) is 11.1 Å². The van der Waals surface area contributed by atoms with Crippen molar-refractivity contribution in [1.29, 1.82) is 0 Å². The van der Waals surface area contributed by atoms with E-state index in [4.69, 9.17) is 4.74 Å². The van der Waals surface area contributed by atoms with E-state index in [9.17, 15) is 24.8 Å². The Morgan fingerprint density at radius 3 is 2.61 bits per heavy atom. The van der Waals surface area contributed by atoms with Gasteiger partial charge in [0, 0.05) is 17.0 Å². The third kappa shape index (κ3) is 4.08. The van der Waals surface area contributed by atoms with Gasteiger partial charge in [-0.05, 0) is 29.3 Å². The van der Waals surface area contributed by atoms with Crippen molar-refractivity contribution in [2.24, 2.45) is 0 Å². The smallest absolute Gasteiger partial charge is 0.311 e. The molecule has 8 nitrogen and oxygen atoms in total. The number of nitrogens with zero attached hydrogens (tertiary/aromatic N) is 2. The number of hydrogen-bond acceptors (Lipinski definition) is 7. The average Bonchev–Trinajstić information content (AvgIpc) is 3.02. The van der Waals surface area contributed by atoms with Gasteiger partial charge in [-0.1, -0.05) is 48.5 Å². The van der Waals surface area contributed by atoms with Crippen molar-refractivity contribution in [3.63, 3.8) is 0 Å². The number of benzene rings is 3. The van der Waals surface area contributed by atoms with Gasteiger partial charge in [0.05, 0.1) is 16.4 Å². The van der Waals surface area contributed by atoms with Crippen LogP contribution in [0.25, 0.3) is 16.8 Å². The molecule has 1 saturated heterocycles. The maximum absolute atomic E-state index is 12.7. The predicted octanol–water partition coefficient (Wildman–Crippen LogP) is 4.57. The highest BCUT2D eigenvalue weighted by Gasteiger charge is 2.35. The standard InChI is InChI=1S/C22H16N2O6S/c25-20-15(7-3-9-17(20)24(28)29)13-19-21(26)23(22(27)31-19)11-12-30-18-10-4-6-14-5-1-2-8-16(14)18/h1-10,13,25H,11-12H2/b19-13-. The lowest BCUT2D eigenvalue weighted by atomic mass is 10.1. The van der Waals surface area contributed by atoms with Gasteiger partial charge in [0.15, 0.2) is 0 Å². The third-order valence-electron chi connectivity index (χ3n) is 4.72. The number of aromatic hydroxyl groups is 1. The highest BCUT2D eigenvalue weighted by Crippen LogP contribution is 2.36. The summed E-state index contributed by atoms with van der Waals surface area (Å²) < 4.78 is 5.80. The van der Waals surface area contributed by atoms with Crippen molar-refractivity contribution in [2.45, 2.75) is 0 Å². The Labute approximate surface area is 180 Å². The molecule has 1 aliphatic heterocycles. The lowest BCUT2D eigenvalue weighted by Crippen LogP contribution is -2.32. The number of amides is 2. The SMILES string of the molecule is O=C1S/C(=C\c2cccc([N+](=O)[O-])c2O)C(=O)N1CCOc1cccc2ccccc12. The number of imide groups is 1. The molecule has 0 unspecified atom stereocenters. The average molecular weight is 436 g/mol. The molecule has 0 aliphatic carbocycles. The molecule has 0 bridgehead atoms. The van der Waals surface area contributed by atoms with Gasteiger partial charge in [-0.15, -0.1) is 0 Å². The maximum Gasteiger partial charge on any atom is 0.311 e. The molecule has 156 valence electrons. The molecule has 0 spiro atoms. The number of rotatable bonds is 6. The Morgan fingerprint density at radius 1 is 1.06 bits per heavy atom. The van der Waals surface area contributed by atoms with Crippen LogP contribution in [0.2, 0.25) is 0 Å². The lowest BCUT2D eigenvalue weighted by Gasteiger charge is -2.14. The van der Waals surface area contributed by atoms with Crippen molar-refractivity contribution >= 4 is 45.4 Å². The Kier molecular flexibility index (Phi) is 5.59. The molecule has 1 N–H and O–H groups in total. The number of nitro benzene ring substituents is 1. The van der Waals surface area contributed by atoms with E-state index >= 15 is 0 Å². The molecule has 1 fully saturated rings. The van der Waals surface area contributed by atoms with E-state index in [0.717, 1.165) is 21.7 Å². The van der Waals surface area contributed by atoms with Crippen molar-refractivity contribution in [3.05, 3.63) is 81.2 Å². The number of para-hydroxylation sites is 1. The molecule has 1 aliphatic rings. The molecule has 9 heteroatoms. The topological polar surface area (TPSA) is 110 Å². The second-order valence-corrected chi connectivity index (χ2v) is 7.62. The molecule has 3 aromatic rings. The summed E-state index contributed by atoms with van der Waals surface area (Å²) in [6.07, 6.45) is 1.28. The van der Waals surface area contributed by atoms with Gasteiger partial charge in [0.1, 0.15) is 12.4 Å².